The Hall–Kier alpha value is -3.19. The largest absolute Gasteiger partial charge is 0.322 e. The second-order valence-electron chi connectivity index (χ2n) is 5.80. The fourth-order valence-electron chi connectivity index (χ4n) is 2.47. The van der Waals surface area contributed by atoms with Gasteiger partial charge in [0.05, 0.1) is 10.6 Å². The van der Waals surface area contributed by atoms with Crippen molar-refractivity contribution in [2.75, 3.05) is 16.7 Å². The van der Waals surface area contributed by atoms with Gasteiger partial charge in [-0.2, -0.15) is 0 Å². The van der Waals surface area contributed by atoms with Crippen LogP contribution in [-0.2, 0) is 10.0 Å². The van der Waals surface area contributed by atoms with Gasteiger partial charge >= 0.3 is 0 Å². The molecule has 5 nitrogen and oxygen atoms in total. The summed E-state index contributed by atoms with van der Waals surface area (Å²) in [6.07, 6.45) is 0. The van der Waals surface area contributed by atoms with Gasteiger partial charge in [0.1, 0.15) is 5.82 Å². The van der Waals surface area contributed by atoms with Crippen LogP contribution in [0.4, 0.5) is 15.8 Å². The Bertz CT molecular complexity index is 1050. The third-order valence-corrected chi connectivity index (χ3v) is 5.78. The van der Waals surface area contributed by atoms with Gasteiger partial charge in [0.25, 0.3) is 15.9 Å². The minimum absolute atomic E-state index is 0.161. The highest BCUT2D eigenvalue weighted by molar-refractivity contribution is 7.92. The summed E-state index contributed by atoms with van der Waals surface area (Å²) in [6, 6.07) is 19.7. The Morgan fingerprint density at radius 1 is 0.926 bits per heavy atom. The van der Waals surface area contributed by atoms with Gasteiger partial charge in [-0.15, -0.1) is 0 Å². The smallest absolute Gasteiger partial charge is 0.264 e. The van der Waals surface area contributed by atoms with Gasteiger partial charge in [-0.1, -0.05) is 24.3 Å². The van der Waals surface area contributed by atoms with Crippen LogP contribution in [0.1, 0.15) is 10.4 Å². The highest BCUT2D eigenvalue weighted by Crippen LogP contribution is 2.23. The number of nitrogens with zero attached hydrogens (tertiary/aromatic N) is 1. The predicted molar refractivity (Wildman–Crippen MR) is 103 cm³/mol. The van der Waals surface area contributed by atoms with E-state index >= 15 is 0 Å². The van der Waals surface area contributed by atoms with Gasteiger partial charge in [0.15, 0.2) is 0 Å². The van der Waals surface area contributed by atoms with Gasteiger partial charge < -0.3 is 5.32 Å². The third-order valence-electron chi connectivity index (χ3n) is 3.98. The number of hydrogen-bond acceptors (Lipinski definition) is 3. The number of sulfonamides is 1. The molecule has 3 rings (SSSR count). The molecule has 1 amide bonds. The summed E-state index contributed by atoms with van der Waals surface area (Å²) in [7, 11) is -2.31. The maximum atomic E-state index is 13.0. The zero-order valence-electron chi connectivity index (χ0n) is 14.5. The Labute approximate surface area is 157 Å². The van der Waals surface area contributed by atoms with Crippen LogP contribution in [0.5, 0.6) is 0 Å². The number of hydrogen-bond donors (Lipinski definition) is 1. The summed E-state index contributed by atoms with van der Waals surface area (Å²) in [5.74, 6) is -0.822. The van der Waals surface area contributed by atoms with Crippen LogP contribution < -0.4 is 9.62 Å². The zero-order valence-corrected chi connectivity index (χ0v) is 15.3. The fourth-order valence-corrected chi connectivity index (χ4v) is 3.68. The Kier molecular flexibility index (Phi) is 5.23. The summed E-state index contributed by atoms with van der Waals surface area (Å²) in [4.78, 5) is 12.6. The molecule has 1 N–H and O–H groups in total. The topological polar surface area (TPSA) is 66.5 Å². The van der Waals surface area contributed by atoms with Crippen LogP contribution in [-0.4, -0.2) is 21.4 Å². The first-order valence-corrected chi connectivity index (χ1v) is 9.53. The normalized spacial score (nSPS) is 11.0. The standard InChI is InChI=1S/C20H17FN2O3S/c1-23(27(25,26)19-8-3-2-4-9-19)18-7-5-6-15(14-18)20(24)22-17-12-10-16(21)11-13-17/h2-14H,1H3,(H,22,24). The van der Waals surface area contributed by atoms with Gasteiger partial charge in [0.2, 0.25) is 0 Å². The summed E-state index contributed by atoms with van der Waals surface area (Å²) >= 11 is 0. The predicted octanol–water partition coefficient (Wildman–Crippen LogP) is 3.90. The number of anilines is 2. The molecule has 138 valence electrons. The lowest BCUT2D eigenvalue weighted by molar-refractivity contribution is 0.102. The maximum Gasteiger partial charge on any atom is 0.264 e. The molecule has 0 aliphatic heterocycles. The molecule has 7 heteroatoms. The Morgan fingerprint density at radius 3 is 2.26 bits per heavy atom. The molecule has 0 saturated carbocycles. The number of rotatable bonds is 5. The molecule has 3 aromatic carbocycles. The van der Waals surface area contributed by atoms with E-state index in [2.05, 4.69) is 5.32 Å². The van der Waals surface area contributed by atoms with E-state index in [-0.39, 0.29) is 10.5 Å². The molecule has 0 atom stereocenters. The molecule has 0 spiro atoms. The first-order chi connectivity index (χ1) is 12.9. The van der Waals surface area contributed by atoms with Gasteiger partial charge in [0, 0.05) is 18.3 Å². The van der Waals surface area contributed by atoms with E-state index in [1.165, 1.54) is 49.5 Å². The number of amides is 1. The van der Waals surface area contributed by atoms with Gasteiger partial charge in [-0.05, 0) is 54.6 Å². The van der Waals surface area contributed by atoms with E-state index in [1.807, 2.05) is 0 Å². The van der Waals surface area contributed by atoms with E-state index in [4.69, 9.17) is 0 Å². The third kappa shape index (κ3) is 4.15. The summed E-state index contributed by atoms with van der Waals surface area (Å²) in [6.45, 7) is 0. The lowest BCUT2D eigenvalue weighted by Crippen LogP contribution is -2.26. The molecule has 0 fully saturated rings. The quantitative estimate of drug-likeness (QED) is 0.725. The lowest BCUT2D eigenvalue weighted by Gasteiger charge is -2.20. The molecule has 0 unspecified atom stereocenters. The van der Waals surface area contributed by atoms with Crippen LogP contribution in [0.2, 0.25) is 0 Å². The first-order valence-electron chi connectivity index (χ1n) is 8.09. The molecule has 0 aromatic heterocycles. The summed E-state index contributed by atoms with van der Waals surface area (Å²) in [5, 5.41) is 2.65. The second kappa shape index (κ2) is 7.59. The molecule has 0 bridgehead atoms. The van der Waals surface area contributed by atoms with Crippen LogP contribution in [0.3, 0.4) is 0 Å². The van der Waals surface area contributed by atoms with Crippen molar-refractivity contribution in [3.8, 4) is 0 Å². The van der Waals surface area contributed by atoms with E-state index < -0.39 is 21.7 Å². The average molecular weight is 384 g/mol. The molecule has 0 saturated heterocycles. The second-order valence-corrected chi connectivity index (χ2v) is 7.77. The molecule has 0 heterocycles. The van der Waals surface area contributed by atoms with Crippen molar-refractivity contribution in [2.45, 2.75) is 4.90 Å². The molecule has 27 heavy (non-hydrogen) atoms. The minimum atomic E-state index is -3.74. The zero-order chi connectivity index (χ0) is 19.4. The maximum absolute atomic E-state index is 13.0. The molecule has 0 radical (unpaired) electrons. The lowest BCUT2D eigenvalue weighted by atomic mass is 10.2. The molecule has 0 aliphatic carbocycles. The monoisotopic (exact) mass is 384 g/mol. The number of carbonyl (C=O) groups excluding carboxylic acids is 1. The summed E-state index contributed by atoms with van der Waals surface area (Å²) in [5.41, 5.74) is 1.08. The molecule has 0 aliphatic rings. The van der Waals surface area contributed by atoms with E-state index in [1.54, 1.807) is 36.4 Å². The van der Waals surface area contributed by atoms with Crippen molar-refractivity contribution in [2.24, 2.45) is 0 Å². The van der Waals surface area contributed by atoms with Crippen molar-refractivity contribution >= 4 is 27.3 Å². The van der Waals surface area contributed by atoms with Gasteiger partial charge in [-0.3, -0.25) is 9.10 Å². The van der Waals surface area contributed by atoms with Gasteiger partial charge in [-0.25, -0.2) is 12.8 Å². The Morgan fingerprint density at radius 2 is 1.59 bits per heavy atom. The molecular formula is C20H17FN2O3S. The highest BCUT2D eigenvalue weighted by atomic mass is 32.2. The number of carbonyl (C=O) groups is 1. The Balaban J connectivity index is 1.84. The van der Waals surface area contributed by atoms with Crippen LogP contribution in [0, 0.1) is 5.82 Å². The van der Waals surface area contributed by atoms with E-state index in [9.17, 15) is 17.6 Å². The van der Waals surface area contributed by atoms with Crippen molar-refractivity contribution in [3.63, 3.8) is 0 Å². The highest BCUT2D eigenvalue weighted by Gasteiger charge is 2.21. The van der Waals surface area contributed by atoms with Crippen molar-refractivity contribution in [3.05, 3.63) is 90.2 Å². The summed E-state index contributed by atoms with van der Waals surface area (Å²) < 4.78 is 39.5. The van der Waals surface area contributed by atoms with Crippen LogP contribution in [0.15, 0.2) is 83.8 Å². The number of halogens is 1. The molecular weight excluding hydrogens is 367 g/mol. The van der Waals surface area contributed by atoms with Crippen molar-refractivity contribution in [1.29, 1.82) is 0 Å². The van der Waals surface area contributed by atoms with Crippen LogP contribution >= 0.6 is 0 Å². The number of benzene rings is 3. The van der Waals surface area contributed by atoms with Crippen LogP contribution in [0.25, 0.3) is 0 Å². The number of nitrogens with one attached hydrogen (secondary N) is 1. The average Bonchev–Trinajstić information content (AvgIpc) is 2.70. The molecule has 3 aromatic rings. The van der Waals surface area contributed by atoms with Crippen molar-refractivity contribution < 1.29 is 17.6 Å². The van der Waals surface area contributed by atoms with E-state index in [0.717, 1.165) is 4.31 Å². The fraction of sp³-hybridized carbons (Fsp3) is 0.0500. The van der Waals surface area contributed by atoms with Crippen molar-refractivity contribution in [1.82, 2.24) is 0 Å². The SMILES string of the molecule is CN(c1cccc(C(=O)Nc2ccc(F)cc2)c1)S(=O)(=O)c1ccccc1. The van der Waals surface area contributed by atoms with E-state index in [0.29, 0.717) is 11.4 Å². The first kappa shape index (κ1) is 18.6. The minimum Gasteiger partial charge on any atom is -0.322 e.